The second-order valence-corrected chi connectivity index (χ2v) is 5.62. The summed E-state index contributed by atoms with van der Waals surface area (Å²) in [5.74, 6) is 0.129. The zero-order valence-electron chi connectivity index (χ0n) is 11.9. The Kier molecular flexibility index (Phi) is 4.95. The molecule has 0 spiro atoms. The van der Waals surface area contributed by atoms with Crippen LogP contribution in [-0.4, -0.2) is 61.0 Å². The average Bonchev–Trinajstić information content (AvgIpc) is 2.28. The third kappa shape index (κ3) is 3.42. The molecule has 0 radical (unpaired) electrons. The predicted octanol–water partition coefficient (Wildman–Crippen LogP) is 0.927. The molecule has 1 fully saturated rings. The second-order valence-electron chi connectivity index (χ2n) is 5.62. The quantitative estimate of drug-likeness (QED) is 0.795. The van der Waals surface area contributed by atoms with Crippen LogP contribution in [0.3, 0.4) is 0 Å². The molecule has 1 atom stereocenters. The molecule has 1 aliphatic rings. The first-order chi connectivity index (χ1) is 7.92. The van der Waals surface area contributed by atoms with Gasteiger partial charge >= 0.3 is 0 Å². The van der Waals surface area contributed by atoms with Gasteiger partial charge in [0.2, 0.25) is 5.91 Å². The standard InChI is InChI=1S/C13H27N3O/c1-6-7-13(2,3)16-9-8-15(5)11(10-16)12(17)14-4/h11H,6-10H2,1-5H3,(H,14,17). The third-order valence-corrected chi connectivity index (χ3v) is 3.91. The van der Waals surface area contributed by atoms with Crippen molar-refractivity contribution < 1.29 is 4.79 Å². The van der Waals surface area contributed by atoms with Gasteiger partial charge in [0.25, 0.3) is 0 Å². The molecule has 0 bridgehead atoms. The molecule has 0 aliphatic carbocycles. The molecule has 1 N–H and O–H groups in total. The van der Waals surface area contributed by atoms with Crippen molar-refractivity contribution in [1.82, 2.24) is 15.1 Å². The van der Waals surface area contributed by atoms with Crippen LogP contribution in [-0.2, 0) is 4.79 Å². The first kappa shape index (κ1) is 14.5. The van der Waals surface area contributed by atoms with Crippen molar-refractivity contribution in [3.8, 4) is 0 Å². The number of hydrogen-bond donors (Lipinski definition) is 1. The van der Waals surface area contributed by atoms with Gasteiger partial charge in [0.05, 0.1) is 0 Å². The van der Waals surface area contributed by atoms with E-state index in [1.165, 1.54) is 12.8 Å². The van der Waals surface area contributed by atoms with Crippen LogP contribution in [0.25, 0.3) is 0 Å². The highest BCUT2D eigenvalue weighted by molar-refractivity contribution is 5.81. The molecular formula is C13H27N3O. The summed E-state index contributed by atoms with van der Waals surface area (Å²) < 4.78 is 0. The fourth-order valence-corrected chi connectivity index (χ4v) is 2.64. The molecule has 4 heteroatoms. The predicted molar refractivity (Wildman–Crippen MR) is 71.0 cm³/mol. The van der Waals surface area contributed by atoms with Crippen LogP contribution in [0, 0.1) is 0 Å². The van der Waals surface area contributed by atoms with Gasteiger partial charge in [-0.1, -0.05) is 13.3 Å². The van der Waals surface area contributed by atoms with E-state index < -0.39 is 0 Å². The number of likely N-dealkylation sites (N-methyl/N-ethyl adjacent to an activating group) is 2. The first-order valence-electron chi connectivity index (χ1n) is 6.59. The molecule has 0 aromatic rings. The Labute approximate surface area is 105 Å². The number of nitrogens with zero attached hydrogens (tertiary/aromatic N) is 2. The summed E-state index contributed by atoms with van der Waals surface area (Å²) in [5.41, 5.74) is 0.197. The summed E-state index contributed by atoms with van der Waals surface area (Å²) in [5, 5.41) is 2.76. The third-order valence-electron chi connectivity index (χ3n) is 3.91. The van der Waals surface area contributed by atoms with Crippen molar-refractivity contribution in [2.24, 2.45) is 0 Å². The largest absolute Gasteiger partial charge is 0.358 e. The Morgan fingerprint density at radius 2 is 2.06 bits per heavy atom. The summed E-state index contributed by atoms with van der Waals surface area (Å²) >= 11 is 0. The van der Waals surface area contributed by atoms with Gasteiger partial charge in [0.15, 0.2) is 0 Å². The topological polar surface area (TPSA) is 35.6 Å². The number of carbonyl (C=O) groups is 1. The normalized spacial score (nSPS) is 23.7. The molecule has 1 rings (SSSR count). The lowest BCUT2D eigenvalue weighted by atomic mass is 9.94. The molecule has 0 aromatic carbocycles. The van der Waals surface area contributed by atoms with Crippen LogP contribution in [0.15, 0.2) is 0 Å². The van der Waals surface area contributed by atoms with Crippen molar-refractivity contribution in [2.45, 2.75) is 45.2 Å². The monoisotopic (exact) mass is 241 g/mol. The van der Waals surface area contributed by atoms with Crippen LogP contribution in [0.2, 0.25) is 0 Å². The minimum absolute atomic E-state index is 0.00937. The Balaban J connectivity index is 2.69. The van der Waals surface area contributed by atoms with Crippen molar-refractivity contribution in [1.29, 1.82) is 0 Å². The van der Waals surface area contributed by atoms with Crippen LogP contribution in [0.1, 0.15) is 33.6 Å². The van der Waals surface area contributed by atoms with E-state index in [0.29, 0.717) is 0 Å². The number of amides is 1. The van der Waals surface area contributed by atoms with Gasteiger partial charge in [-0.05, 0) is 27.3 Å². The Hall–Kier alpha value is -0.610. The fourth-order valence-electron chi connectivity index (χ4n) is 2.64. The lowest BCUT2D eigenvalue weighted by Gasteiger charge is -2.46. The molecule has 17 heavy (non-hydrogen) atoms. The molecule has 0 saturated carbocycles. The van der Waals surface area contributed by atoms with E-state index >= 15 is 0 Å². The number of rotatable bonds is 4. The van der Waals surface area contributed by atoms with Crippen LogP contribution >= 0.6 is 0 Å². The van der Waals surface area contributed by atoms with Gasteiger partial charge in [-0.25, -0.2) is 0 Å². The molecule has 1 unspecified atom stereocenters. The zero-order valence-corrected chi connectivity index (χ0v) is 11.9. The van der Waals surface area contributed by atoms with Crippen molar-refractivity contribution >= 4 is 5.91 Å². The molecule has 0 aromatic heterocycles. The van der Waals surface area contributed by atoms with Crippen molar-refractivity contribution in [3.05, 3.63) is 0 Å². The number of carbonyl (C=O) groups excluding carboxylic acids is 1. The summed E-state index contributed by atoms with van der Waals surface area (Å²) in [6.45, 7) is 9.63. The van der Waals surface area contributed by atoms with Crippen LogP contribution in [0.5, 0.6) is 0 Å². The Morgan fingerprint density at radius 3 is 2.59 bits per heavy atom. The first-order valence-corrected chi connectivity index (χ1v) is 6.59. The van der Waals surface area contributed by atoms with Crippen LogP contribution < -0.4 is 5.32 Å². The van der Waals surface area contributed by atoms with E-state index in [2.05, 4.69) is 35.9 Å². The molecule has 1 saturated heterocycles. The maximum Gasteiger partial charge on any atom is 0.238 e. The Bertz CT molecular complexity index is 265. The summed E-state index contributed by atoms with van der Waals surface area (Å²) in [4.78, 5) is 16.4. The average molecular weight is 241 g/mol. The molecular weight excluding hydrogens is 214 g/mol. The van der Waals surface area contributed by atoms with E-state index in [-0.39, 0.29) is 17.5 Å². The van der Waals surface area contributed by atoms with Crippen molar-refractivity contribution in [2.75, 3.05) is 33.7 Å². The fraction of sp³-hybridized carbons (Fsp3) is 0.923. The molecule has 100 valence electrons. The van der Waals surface area contributed by atoms with Crippen molar-refractivity contribution in [3.63, 3.8) is 0 Å². The summed E-state index contributed by atoms with van der Waals surface area (Å²) in [7, 11) is 3.75. The summed E-state index contributed by atoms with van der Waals surface area (Å²) in [6.07, 6.45) is 2.36. The SMILES string of the molecule is CCCC(C)(C)N1CCN(C)C(C(=O)NC)C1. The van der Waals surface area contributed by atoms with E-state index in [4.69, 9.17) is 0 Å². The minimum Gasteiger partial charge on any atom is -0.358 e. The highest BCUT2D eigenvalue weighted by Crippen LogP contribution is 2.23. The molecule has 1 heterocycles. The van der Waals surface area contributed by atoms with Gasteiger partial charge in [0.1, 0.15) is 6.04 Å². The van der Waals surface area contributed by atoms with E-state index in [1.54, 1.807) is 7.05 Å². The smallest absolute Gasteiger partial charge is 0.238 e. The maximum absolute atomic E-state index is 11.8. The zero-order chi connectivity index (χ0) is 13.1. The number of nitrogens with one attached hydrogen (secondary N) is 1. The Morgan fingerprint density at radius 1 is 1.41 bits per heavy atom. The molecule has 1 amide bonds. The van der Waals surface area contributed by atoms with E-state index in [9.17, 15) is 4.79 Å². The molecule has 1 aliphatic heterocycles. The summed E-state index contributed by atoms with van der Waals surface area (Å²) in [6, 6.07) is -0.00937. The van der Waals surface area contributed by atoms with Gasteiger partial charge in [-0.3, -0.25) is 14.6 Å². The number of hydrogen-bond acceptors (Lipinski definition) is 3. The van der Waals surface area contributed by atoms with Gasteiger partial charge in [-0.2, -0.15) is 0 Å². The minimum atomic E-state index is -0.00937. The van der Waals surface area contributed by atoms with Gasteiger partial charge < -0.3 is 5.32 Å². The highest BCUT2D eigenvalue weighted by atomic mass is 16.2. The highest BCUT2D eigenvalue weighted by Gasteiger charge is 2.35. The van der Waals surface area contributed by atoms with Gasteiger partial charge in [-0.15, -0.1) is 0 Å². The van der Waals surface area contributed by atoms with Crippen LogP contribution in [0.4, 0.5) is 0 Å². The lowest BCUT2D eigenvalue weighted by molar-refractivity contribution is -0.128. The number of piperazine rings is 1. The van der Waals surface area contributed by atoms with E-state index in [0.717, 1.165) is 19.6 Å². The lowest BCUT2D eigenvalue weighted by Crippen LogP contribution is -2.61. The van der Waals surface area contributed by atoms with Gasteiger partial charge in [0, 0.05) is 32.2 Å². The second kappa shape index (κ2) is 5.83. The molecule has 4 nitrogen and oxygen atoms in total. The van der Waals surface area contributed by atoms with E-state index in [1.807, 2.05) is 7.05 Å². The maximum atomic E-state index is 11.8.